The van der Waals surface area contributed by atoms with Crippen LogP contribution in [0.15, 0.2) is 40.9 Å². The van der Waals surface area contributed by atoms with Crippen molar-refractivity contribution in [1.29, 1.82) is 0 Å². The molecule has 7 heteroatoms. The van der Waals surface area contributed by atoms with Gasteiger partial charge in [-0.05, 0) is 43.7 Å². The van der Waals surface area contributed by atoms with Crippen molar-refractivity contribution in [2.45, 2.75) is 27.3 Å². The summed E-state index contributed by atoms with van der Waals surface area (Å²) in [6, 6.07) is 6.96. The van der Waals surface area contributed by atoms with Crippen molar-refractivity contribution in [1.82, 2.24) is 15.0 Å². The maximum Gasteiger partial charge on any atom is 0.322 e. The van der Waals surface area contributed by atoms with Crippen LogP contribution >= 0.6 is 0 Å². The summed E-state index contributed by atoms with van der Waals surface area (Å²) in [6.45, 7) is 10.6. The summed E-state index contributed by atoms with van der Waals surface area (Å²) in [4.78, 5) is 18.0. The van der Waals surface area contributed by atoms with E-state index in [1.165, 1.54) is 0 Å². The third-order valence-electron chi connectivity index (χ3n) is 3.16. The second-order valence-electron chi connectivity index (χ2n) is 5.44. The number of aromatic nitrogens is 2. The normalized spacial score (nSPS) is 10.3. The fourth-order valence-electron chi connectivity index (χ4n) is 1.95. The van der Waals surface area contributed by atoms with Gasteiger partial charge in [0.2, 0.25) is 5.89 Å². The highest BCUT2D eigenvalue weighted by Crippen LogP contribution is 2.17. The number of benzene rings is 1. The lowest BCUT2D eigenvalue weighted by Crippen LogP contribution is -2.34. The number of nitrogens with one attached hydrogen (secondary N) is 1. The van der Waals surface area contributed by atoms with Gasteiger partial charge in [0, 0.05) is 19.2 Å². The summed E-state index contributed by atoms with van der Waals surface area (Å²) in [7, 11) is 0. The Labute approximate surface area is 141 Å². The highest BCUT2D eigenvalue weighted by Gasteiger charge is 2.15. The Bertz CT molecular complexity index is 694. The number of hydrogen-bond donors (Lipinski definition) is 1. The lowest BCUT2D eigenvalue weighted by atomic mass is 10.3. The molecule has 0 atom stereocenters. The van der Waals surface area contributed by atoms with Crippen LogP contribution in [0.25, 0.3) is 0 Å². The fraction of sp³-hybridized carbons (Fsp3) is 0.353. The third-order valence-corrected chi connectivity index (χ3v) is 3.16. The zero-order chi connectivity index (χ0) is 17.5. The molecule has 0 bridgehead atoms. The Hall–Kier alpha value is -2.83. The second-order valence-corrected chi connectivity index (χ2v) is 5.44. The topological polar surface area (TPSA) is 80.5 Å². The SMILES string of the molecule is C=C(C)COc1ccc(NC(=O)N(CC)Cc2noc(C)n2)cc1. The van der Waals surface area contributed by atoms with Crippen molar-refractivity contribution >= 4 is 11.7 Å². The molecule has 24 heavy (non-hydrogen) atoms. The minimum atomic E-state index is -0.226. The Morgan fingerprint density at radius 2 is 2.08 bits per heavy atom. The average molecular weight is 330 g/mol. The van der Waals surface area contributed by atoms with E-state index in [1.807, 2.05) is 13.8 Å². The van der Waals surface area contributed by atoms with E-state index in [9.17, 15) is 4.79 Å². The molecule has 0 radical (unpaired) electrons. The van der Waals surface area contributed by atoms with Crippen LogP contribution < -0.4 is 10.1 Å². The molecule has 0 fully saturated rings. The molecule has 0 unspecified atom stereocenters. The van der Waals surface area contributed by atoms with Gasteiger partial charge in [0.25, 0.3) is 0 Å². The number of aryl methyl sites for hydroxylation is 1. The molecule has 0 saturated carbocycles. The number of ether oxygens (including phenoxy) is 1. The van der Waals surface area contributed by atoms with Gasteiger partial charge in [0.05, 0.1) is 6.54 Å². The Balaban J connectivity index is 1.93. The van der Waals surface area contributed by atoms with Gasteiger partial charge >= 0.3 is 6.03 Å². The largest absolute Gasteiger partial charge is 0.489 e. The molecule has 7 nitrogen and oxygen atoms in total. The quantitative estimate of drug-likeness (QED) is 0.787. The fourth-order valence-corrected chi connectivity index (χ4v) is 1.95. The number of urea groups is 1. The van der Waals surface area contributed by atoms with Crippen LogP contribution in [0.4, 0.5) is 10.5 Å². The smallest absolute Gasteiger partial charge is 0.322 e. The molecule has 2 aromatic rings. The third kappa shape index (κ3) is 5.12. The Morgan fingerprint density at radius 3 is 2.62 bits per heavy atom. The summed E-state index contributed by atoms with van der Waals surface area (Å²) >= 11 is 0. The minimum Gasteiger partial charge on any atom is -0.489 e. The van der Waals surface area contributed by atoms with Crippen molar-refractivity contribution in [3.8, 4) is 5.75 Å². The van der Waals surface area contributed by atoms with Crippen LogP contribution in [-0.4, -0.2) is 34.2 Å². The Morgan fingerprint density at radius 1 is 1.38 bits per heavy atom. The monoisotopic (exact) mass is 330 g/mol. The molecule has 1 aromatic heterocycles. The van der Waals surface area contributed by atoms with Gasteiger partial charge in [-0.3, -0.25) is 0 Å². The van der Waals surface area contributed by atoms with Gasteiger partial charge in [-0.25, -0.2) is 4.79 Å². The molecule has 0 aliphatic carbocycles. The molecular weight excluding hydrogens is 308 g/mol. The number of hydrogen-bond acceptors (Lipinski definition) is 5. The Kier molecular flexibility index (Phi) is 5.95. The van der Waals surface area contributed by atoms with Crippen LogP contribution in [0.5, 0.6) is 5.75 Å². The summed E-state index contributed by atoms with van der Waals surface area (Å²) in [6.07, 6.45) is 0. The van der Waals surface area contributed by atoms with Crippen LogP contribution in [0.2, 0.25) is 0 Å². The maximum atomic E-state index is 12.3. The predicted octanol–water partition coefficient (Wildman–Crippen LogP) is 3.39. The molecule has 1 heterocycles. The first-order chi connectivity index (χ1) is 11.5. The molecule has 0 saturated heterocycles. The predicted molar refractivity (Wildman–Crippen MR) is 90.9 cm³/mol. The van der Waals surface area contributed by atoms with E-state index in [0.29, 0.717) is 37.1 Å². The van der Waals surface area contributed by atoms with Crippen LogP contribution in [0.3, 0.4) is 0 Å². The van der Waals surface area contributed by atoms with Gasteiger partial charge < -0.3 is 19.5 Å². The molecule has 0 aliphatic heterocycles. The number of carbonyl (C=O) groups is 1. The van der Waals surface area contributed by atoms with E-state index in [1.54, 1.807) is 36.1 Å². The van der Waals surface area contributed by atoms with Gasteiger partial charge in [-0.2, -0.15) is 4.98 Å². The molecule has 0 spiro atoms. The van der Waals surface area contributed by atoms with Crippen molar-refractivity contribution in [2.75, 3.05) is 18.5 Å². The molecule has 0 aliphatic rings. The second kappa shape index (κ2) is 8.14. The first-order valence-corrected chi connectivity index (χ1v) is 7.70. The number of amides is 2. The van der Waals surface area contributed by atoms with Crippen molar-refractivity contribution in [2.24, 2.45) is 0 Å². The highest BCUT2D eigenvalue weighted by atomic mass is 16.5. The van der Waals surface area contributed by atoms with E-state index >= 15 is 0 Å². The maximum absolute atomic E-state index is 12.3. The average Bonchev–Trinajstić information content (AvgIpc) is 2.97. The summed E-state index contributed by atoms with van der Waals surface area (Å²) in [5.74, 6) is 1.69. The van der Waals surface area contributed by atoms with E-state index in [0.717, 1.165) is 11.3 Å². The lowest BCUT2D eigenvalue weighted by molar-refractivity contribution is 0.210. The van der Waals surface area contributed by atoms with Crippen LogP contribution in [-0.2, 0) is 6.54 Å². The van der Waals surface area contributed by atoms with Crippen LogP contribution in [0.1, 0.15) is 25.6 Å². The summed E-state index contributed by atoms with van der Waals surface area (Å²) < 4.78 is 10.4. The van der Waals surface area contributed by atoms with E-state index in [4.69, 9.17) is 9.26 Å². The lowest BCUT2D eigenvalue weighted by Gasteiger charge is -2.19. The van der Waals surface area contributed by atoms with Gasteiger partial charge in [0.15, 0.2) is 5.82 Å². The molecule has 2 amide bonds. The van der Waals surface area contributed by atoms with Gasteiger partial charge in [0.1, 0.15) is 12.4 Å². The zero-order valence-corrected chi connectivity index (χ0v) is 14.2. The van der Waals surface area contributed by atoms with E-state index in [-0.39, 0.29) is 6.03 Å². The molecule has 128 valence electrons. The van der Waals surface area contributed by atoms with Gasteiger partial charge in [-0.1, -0.05) is 11.7 Å². The number of carbonyl (C=O) groups excluding carboxylic acids is 1. The van der Waals surface area contributed by atoms with E-state index < -0.39 is 0 Å². The van der Waals surface area contributed by atoms with Crippen molar-refractivity contribution in [3.63, 3.8) is 0 Å². The van der Waals surface area contributed by atoms with Gasteiger partial charge in [-0.15, -0.1) is 0 Å². The molecular formula is C17H22N4O3. The summed E-state index contributed by atoms with van der Waals surface area (Å²) in [5, 5.41) is 6.65. The molecule has 1 aromatic carbocycles. The zero-order valence-electron chi connectivity index (χ0n) is 14.2. The highest BCUT2D eigenvalue weighted by molar-refractivity contribution is 5.89. The van der Waals surface area contributed by atoms with Crippen LogP contribution in [0, 0.1) is 6.92 Å². The molecule has 2 rings (SSSR count). The summed E-state index contributed by atoms with van der Waals surface area (Å²) in [5.41, 5.74) is 1.63. The first kappa shape index (κ1) is 17.5. The number of nitrogens with zero attached hydrogens (tertiary/aromatic N) is 3. The molecule has 1 N–H and O–H groups in total. The standard InChI is InChI=1S/C17H22N4O3/c1-5-21(10-16-18-13(4)24-20-16)17(22)19-14-6-8-15(9-7-14)23-11-12(2)3/h6-9H,2,5,10-11H2,1,3-4H3,(H,19,22). The minimum absolute atomic E-state index is 0.226. The van der Waals surface area contributed by atoms with Crippen molar-refractivity contribution in [3.05, 3.63) is 48.1 Å². The first-order valence-electron chi connectivity index (χ1n) is 7.70. The van der Waals surface area contributed by atoms with E-state index in [2.05, 4.69) is 22.0 Å². The number of anilines is 1. The van der Waals surface area contributed by atoms with Crippen molar-refractivity contribution < 1.29 is 14.1 Å². The number of rotatable bonds is 7.